The minimum atomic E-state index is 0.151. The molecule has 106 valence electrons. The van der Waals surface area contributed by atoms with Crippen molar-refractivity contribution in [2.24, 2.45) is 5.41 Å². The van der Waals surface area contributed by atoms with E-state index in [1.807, 2.05) is 0 Å². The Morgan fingerprint density at radius 3 is 2.05 bits per heavy atom. The Kier molecular flexibility index (Phi) is 2.86. The van der Waals surface area contributed by atoms with Gasteiger partial charge in [0.25, 0.3) is 0 Å². The molecule has 1 saturated heterocycles. The van der Waals surface area contributed by atoms with Crippen LogP contribution in [0.25, 0.3) is 21.5 Å². The molecule has 0 spiro atoms. The second-order valence-corrected chi connectivity index (χ2v) is 6.24. The molecule has 0 unspecified atom stereocenters. The number of ether oxygens (including phenoxy) is 2. The Morgan fingerprint density at radius 2 is 1.52 bits per heavy atom. The van der Waals surface area contributed by atoms with Gasteiger partial charge in [-0.15, -0.1) is 0 Å². The molecule has 0 radical (unpaired) electrons. The first kappa shape index (κ1) is 12.7. The van der Waals surface area contributed by atoms with Crippen LogP contribution in [0.1, 0.15) is 6.92 Å². The molecule has 4 rings (SSSR count). The van der Waals surface area contributed by atoms with Crippen molar-refractivity contribution >= 4 is 21.5 Å². The van der Waals surface area contributed by atoms with Gasteiger partial charge >= 0.3 is 0 Å². The van der Waals surface area contributed by atoms with E-state index < -0.39 is 0 Å². The third-order valence-electron chi connectivity index (χ3n) is 4.19. The van der Waals surface area contributed by atoms with Crippen molar-refractivity contribution in [2.45, 2.75) is 6.92 Å². The largest absolute Gasteiger partial charge is 0.492 e. The fourth-order valence-electron chi connectivity index (χ4n) is 2.91. The summed E-state index contributed by atoms with van der Waals surface area (Å²) in [5.41, 5.74) is 0.151. The van der Waals surface area contributed by atoms with Crippen molar-refractivity contribution in [3.8, 4) is 5.75 Å². The van der Waals surface area contributed by atoms with Crippen molar-refractivity contribution in [1.29, 1.82) is 0 Å². The van der Waals surface area contributed by atoms with E-state index in [1.54, 1.807) is 0 Å². The van der Waals surface area contributed by atoms with Crippen molar-refractivity contribution in [3.63, 3.8) is 0 Å². The van der Waals surface area contributed by atoms with Crippen LogP contribution in [0, 0.1) is 5.41 Å². The van der Waals surface area contributed by atoms with Gasteiger partial charge in [0.2, 0.25) is 0 Å². The smallest absolute Gasteiger partial charge is 0.134 e. The van der Waals surface area contributed by atoms with Crippen LogP contribution in [-0.2, 0) is 4.74 Å². The first-order valence-corrected chi connectivity index (χ1v) is 7.36. The Labute approximate surface area is 124 Å². The maximum atomic E-state index is 6.26. The lowest BCUT2D eigenvalue weighted by molar-refractivity contribution is -0.120. The second-order valence-electron chi connectivity index (χ2n) is 6.24. The molecule has 2 nitrogen and oxygen atoms in total. The molecule has 0 bridgehead atoms. The predicted molar refractivity (Wildman–Crippen MR) is 85.9 cm³/mol. The zero-order valence-electron chi connectivity index (χ0n) is 12.1. The summed E-state index contributed by atoms with van der Waals surface area (Å²) in [4.78, 5) is 0. The molecule has 1 fully saturated rings. The van der Waals surface area contributed by atoms with Crippen LogP contribution in [0.4, 0.5) is 0 Å². The van der Waals surface area contributed by atoms with Crippen molar-refractivity contribution in [1.82, 2.24) is 0 Å². The van der Waals surface area contributed by atoms with Gasteiger partial charge in [-0.2, -0.15) is 0 Å². The van der Waals surface area contributed by atoms with E-state index >= 15 is 0 Å². The minimum Gasteiger partial charge on any atom is -0.492 e. The Hall–Kier alpha value is -2.06. The van der Waals surface area contributed by atoms with Crippen LogP contribution in [0.2, 0.25) is 0 Å². The number of benzene rings is 3. The molecular formula is C19H18O2. The van der Waals surface area contributed by atoms with Gasteiger partial charge in [-0.05, 0) is 16.8 Å². The molecule has 3 aromatic carbocycles. The lowest BCUT2D eigenvalue weighted by Gasteiger charge is -2.37. The fourth-order valence-corrected chi connectivity index (χ4v) is 2.91. The third kappa shape index (κ3) is 2.16. The van der Waals surface area contributed by atoms with E-state index in [-0.39, 0.29) is 5.41 Å². The average molecular weight is 278 g/mol. The van der Waals surface area contributed by atoms with Crippen LogP contribution in [-0.4, -0.2) is 19.8 Å². The fraction of sp³-hybridized carbons (Fsp3) is 0.263. The van der Waals surface area contributed by atoms with E-state index in [2.05, 4.69) is 61.5 Å². The summed E-state index contributed by atoms with van der Waals surface area (Å²) in [6.07, 6.45) is 0. The molecule has 0 aliphatic carbocycles. The molecule has 0 aromatic heterocycles. The molecule has 1 aliphatic rings. The average Bonchev–Trinajstić information content (AvgIpc) is 2.49. The number of hydrogen-bond donors (Lipinski definition) is 0. The number of fused-ring (bicyclic) bond motifs is 2. The molecule has 0 amide bonds. The molecule has 21 heavy (non-hydrogen) atoms. The molecule has 0 N–H and O–H groups in total. The van der Waals surface area contributed by atoms with Gasteiger partial charge in [0, 0.05) is 16.2 Å². The quantitative estimate of drug-likeness (QED) is 0.661. The summed E-state index contributed by atoms with van der Waals surface area (Å²) in [6, 6.07) is 19.1. The topological polar surface area (TPSA) is 18.5 Å². The number of rotatable bonds is 3. The van der Waals surface area contributed by atoms with E-state index in [4.69, 9.17) is 9.47 Å². The third-order valence-corrected chi connectivity index (χ3v) is 4.19. The zero-order valence-corrected chi connectivity index (χ0v) is 12.1. The molecule has 1 heterocycles. The highest BCUT2D eigenvalue weighted by Crippen LogP contribution is 2.36. The normalized spacial score (nSPS) is 16.8. The van der Waals surface area contributed by atoms with Crippen molar-refractivity contribution in [3.05, 3.63) is 54.6 Å². The lowest BCUT2D eigenvalue weighted by atomic mass is 9.90. The molecule has 0 saturated carbocycles. The van der Waals surface area contributed by atoms with Crippen LogP contribution in [0.5, 0.6) is 5.75 Å². The molecule has 3 aromatic rings. The minimum absolute atomic E-state index is 0.151. The predicted octanol–water partition coefficient (Wildman–Crippen LogP) is 4.41. The lowest BCUT2D eigenvalue weighted by Crippen LogP contribution is -2.44. The molecule has 1 aliphatic heterocycles. The van der Waals surface area contributed by atoms with E-state index in [9.17, 15) is 0 Å². The van der Waals surface area contributed by atoms with E-state index in [1.165, 1.54) is 21.5 Å². The maximum Gasteiger partial charge on any atom is 0.134 e. The van der Waals surface area contributed by atoms with Crippen LogP contribution in [0.15, 0.2) is 54.6 Å². The monoisotopic (exact) mass is 278 g/mol. The summed E-state index contributed by atoms with van der Waals surface area (Å²) >= 11 is 0. The Balaban J connectivity index is 1.85. The Morgan fingerprint density at radius 1 is 0.952 bits per heavy atom. The molecule has 0 atom stereocenters. The first-order valence-electron chi connectivity index (χ1n) is 7.36. The SMILES string of the molecule is CC1(COc2c3ccccc3cc3ccccc23)COC1. The Bertz CT molecular complexity index is 749. The first-order chi connectivity index (χ1) is 10.3. The van der Waals surface area contributed by atoms with E-state index in [0.29, 0.717) is 6.61 Å². The summed E-state index contributed by atoms with van der Waals surface area (Å²) in [5.74, 6) is 0.997. The van der Waals surface area contributed by atoms with Gasteiger partial charge < -0.3 is 9.47 Å². The van der Waals surface area contributed by atoms with Crippen LogP contribution < -0.4 is 4.74 Å². The molecule has 2 heteroatoms. The standard InChI is InChI=1S/C19H18O2/c1-19(11-20-12-19)13-21-18-16-8-4-2-6-14(16)10-15-7-3-5-9-17(15)18/h2-10H,11-13H2,1H3. The van der Waals surface area contributed by atoms with Gasteiger partial charge in [-0.1, -0.05) is 55.5 Å². The summed E-state index contributed by atoms with van der Waals surface area (Å²) in [5, 5.41) is 4.81. The van der Waals surface area contributed by atoms with Crippen molar-refractivity contribution in [2.75, 3.05) is 19.8 Å². The molecular weight excluding hydrogens is 260 g/mol. The van der Waals surface area contributed by atoms with Gasteiger partial charge in [0.05, 0.1) is 19.8 Å². The summed E-state index contributed by atoms with van der Waals surface area (Å²) in [6.45, 7) is 4.49. The van der Waals surface area contributed by atoms with Crippen LogP contribution >= 0.6 is 0 Å². The second kappa shape index (κ2) is 4.74. The van der Waals surface area contributed by atoms with Gasteiger partial charge in [0.1, 0.15) is 5.75 Å². The summed E-state index contributed by atoms with van der Waals surface area (Å²) < 4.78 is 11.6. The van der Waals surface area contributed by atoms with Gasteiger partial charge in [-0.3, -0.25) is 0 Å². The number of hydrogen-bond acceptors (Lipinski definition) is 2. The van der Waals surface area contributed by atoms with Gasteiger partial charge in [-0.25, -0.2) is 0 Å². The maximum absolute atomic E-state index is 6.26. The zero-order chi connectivity index (χ0) is 14.3. The highest BCUT2D eigenvalue weighted by Gasteiger charge is 2.34. The highest BCUT2D eigenvalue weighted by molar-refractivity contribution is 6.05. The highest BCUT2D eigenvalue weighted by atomic mass is 16.5. The van der Waals surface area contributed by atoms with Gasteiger partial charge in [0.15, 0.2) is 0 Å². The van der Waals surface area contributed by atoms with Crippen molar-refractivity contribution < 1.29 is 9.47 Å². The van der Waals surface area contributed by atoms with Crippen LogP contribution in [0.3, 0.4) is 0 Å². The van der Waals surface area contributed by atoms with E-state index in [0.717, 1.165) is 19.0 Å². The summed E-state index contributed by atoms with van der Waals surface area (Å²) in [7, 11) is 0.